The van der Waals surface area contributed by atoms with Crippen molar-refractivity contribution >= 4 is 16.7 Å². The third-order valence-corrected chi connectivity index (χ3v) is 8.99. The molecule has 1 aromatic heterocycles. The zero-order valence-electron chi connectivity index (χ0n) is 27.6. The Bertz CT molecular complexity index is 1510. The highest BCUT2D eigenvalue weighted by atomic mass is 16.5. The summed E-state index contributed by atoms with van der Waals surface area (Å²) in [6.07, 6.45) is 9.56. The van der Waals surface area contributed by atoms with Crippen molar-refractivity contribution < 1.29 is 14.0 Å². The lowest BCUT2D eigenvalue weighted by atomic mass is 9.84. The second kappa shape index (κ2) is 15.9. The van der Waals surface area contributed by atoms with Gasteiger partial charge in [-0.25, -0.2) is 4.98 Å². The second-order valence-corrected chi connectivity index (χ2v) is 12.6. The topological polar surface area (TPSA) is 65.2 Å². The number of aromatic nitrogens is 1. The molecule has 0 saturated carbocycles. The van der Waals surface area contributed by atoms with Gasteiger partial charge in [-0.15, -0.1) is 0 Å². The Morgan fingerprint density at radius 2 is 1.59 bits per heavy atom. The first-order chi connectivity index (χ1) is 21.3. The zero-order chi connectivity index (χ0) is 31.5. The Morgan fingerprint density at radius 1 is 0.864 bits per heavy atom. The number of carbonyl (C=O) groups excluding carboxylic acids is 1. The molecule has 4 aromatic rings. The van der Waals surface area contributed by atoms with Crippen molar-refractivity contribution in [2.24, 2.45) is 5.73 Å². The molecular formula is C39H52N3O2+. The van der Waals surface area contributed by atoms with E-state index in [1.54, 1.807) is 0 Å². The summed E-state index contributed by atoms with van der Waals surface area (Å²) in [5.74, 6) is 0.378. The first-order valence-corrected chi connectivity index (χ1v) is 16.7. The summed E-state index contributed by atoms with van der Waals surface area (Å²) in [5, 5.41) is 2.24. The fourth-order valence-corrected chi connectivity index (χ4v) is 6.55. The van der Waals surface area contributed by atoms with Crippen molar-refractivity contribution in [1.29, 1.82) is 0 Å². The van der Waals surface area contributed by atoms with Gasteiger partial charge >= 0.3 is 0 Å². The smallest absolute Gasteiger partial charge is 0.248 e. The largest absolute Gasteiger partial charge is 0.471 e. The van der Waals surface area contributed by atoms with E-state index in [1.165, 1.54) is 29.4 Å². The number of primary amides is 1. The maximum Gasteiger partial charge on any atom is 0.248 e. The summed E-state index contributed by atoms with van der Waals surface area (Å²) in [6.45, 7) is 8.06. The van der Waals surface area contributed by atoms with Crippen LogP contribution in [0.4, 0.5) is 0 Å². The number of aryl methyl sites for hydroxylation is 1. The number of quaternary nitrogens is 1. The average Bonchev–Trinajstić information content (AvgIpc) is 3.02. The van der Waals surface area contributed by atoms with Crippen LogP contribution >= 0.6 is 0 Å². The molecule has 0 aliphatic heterocycles. The van der Waals surface area contributed by atoms with E-state index in [0.29, 0.717) is 12.2 Å². The molecule has 3 aromatic carbocycles. The average molecular weight is 595 g/mol. The quantitative estimate of drug-likeness (QED) is 0.0979. The number of pyridine rings is 1. The first kappa shape index (κ1) is 33.2. The van der Waals surface area contributed by atoms with Gasteiger partial charge in [0, 0.05) is 28.6 Å². The summed E-state index contributed by atoms with van der Waals surface area (Å²) in [6, 6.07) is 25.4. The molecule has 0 fully saturated rings. The normalized spacial score (nSPS) is 12.4. The van der Waals surface area contributed by atoms with Gasteiger partial charge in [-0.05, 0) is 66.0 Å². The molecule has 0 bridgehead atoms. The monoisotopic (exact) mass is 594 g/mol. The maximum absolute atomic E-state index is 12.7. The van der Waals surface area contributed by atoms with Gasteiger partial charge in [0.05, 0.1) is 14.1 Å². The lowest BCUT2D eigenvalue weighted by Gasteiger charge is -2.39. The Labute approximate surface area is 265 Å². The molecule has 0 unspecified atom stereocenters. The predicted octanol–water partition coefficient (Wildman–Crippen LogP) is 9.07. The standard InChI is InChI=1S/C39H51N3O2/c1-6-9-11-15-23-33-34(38(40)43)24-25-35(37(33)29-18-13-12-14-19-29)36(8-3)42(4,5)26-27-44-39-32-22-17-16-20-30(32)28-31(41-39)21-10-7-2/h12-14,16-20,22,24-25,28,36H,6-11,15,21,23,26-27H2,1-5H3,(H-,40,43)/p+1/t36-/m1/s1. The van der Waals surface area contributed by atoms with E-state index in [9.17, 15) is 4.79 Å². The molecule has 5 nitrogen and oxygen atoms in total. The van der Waals surface area contributed by atoms with Gasteiger partial charge in [0.25, 0.3) is 0 Å². The molecule has 0 aliphatic carbocycles. The summed E-state index contributed by atoms with van der Waals surface area (Å²) in [5.41, 5.74) is 12.4. The van der Waals surface area contributed by atoms with Crippen molar-refractivity contribution in [3.63, 3.8) is 0 Å². The Morgan fingerprint density at radius 3 is 2.30 bits per heavy atom. The molecule has 4 rings (SSSR count). The van der Waals surface area contributed by atoms with Gasteiger partial charge in [-0.2, -0.15) is 0 Å². The van der Waals surface area contributed by atoms with Crippen LogP contribution in [0.3, 0.4) is 0 Å². The molecule has 0 radical (unpaired) electrons. The van der Waals surface area contributed by atoms with Gasteiger partial charge in [-0.1, -0.05) is 101 Å². The Kier molecular flexibility index (Phi) is 12.0. The summed E-state index contributed by atoms with van der Waals surface area (Å²) in [4.78, 5) is 17.6. The van der Waals surface area contributed by atoms with Crippen LogP contribution in [-0.4, -0.2) is 42.6 Å². The van der Waals surface area contributed by atoms with Crippen LogP contribution < -0.4 is 10.5 Å². The summed E-state index contributed by atoms with van der Waals surface area (Å²) >= 11 is 0. The fraction of sp³-hybridized carbons (Fsp3) is 0.436. The van der Waals surface area contributed by atoms with Crippen LogP contribution in [0, 0.1) is 0 Å². The number of nitrogens with two attached hydrogens (primary N) is 1. The molecule has 1 atom stereocenters. The van der Waals surface area contributed by atoms with Crippen LogP contribution in [0.2, 0.25) is 0 Å². The second-order valence-electron chi connectivity index (χ2n) is 12.6. The van der Waals surface area contributed by atoms with Gasteiger partial charge in [0.2, 0.25) is 11.8 Å². The molecule has 44 heavy (non-hydrogen) atoms. The highest BCUT2D eigenvalue weighted by molar-refractivity contribution is 5.97. The minimum Gasteiger partial charge on any atom is -0.471 e. The third-order valence-electron chi connectivity index (χ3n) is 8.99. The third kappa shape index (κ3) is 8.06. The van der Waals surface area contributed by atoms with E-state index < -0.39 is 0 Å². The predicted molar refractivity (Wildman–Crippen MR) is 184 cm³/mol. The summed E-state index contributed by atoms with van der Waals surface area (Å²) in [7, 11) is 4.58. The number of rotatable bonds is 17. The molecule has 1 amide bonds. The van der Waals surface area contributed by atoms with E-state index in [4.69, 9.17) is 15.5 Å². The summed E-state index contributed by atoms with van der Waals surface area (Å²) < 4.78 is 7.23. The molecular weight excluding hydrogens is 542 g/mol. The number of hydrogen-bond donors (Lipinski definition) is 1. The van der Waals surface area contributed by atoms with Crippen LogP contribution in [-0.2, 0) is 12.8 Å². The van der Waals surface area contributed by atoms with E-state index in [-0.39, 0.29) is 11.9 Å². The number of unbranched alkanes of at least 4 members (excludes halogenated alkanes) is 4. The SMILES string of the molecule is CCCCCCc1c(C(N)=O)ccc([C@@H](CC)[N+](C)(C)CCOc2nc(CCCC)cc3ccccc23)c1-c1ccccc1. The van der Waals surface area contributed by atoms with Crippen LogP contribution in [0.1, 0.15) is 98.9 Å². The zero-order valence-corrected chi connectivity index (χ0v) is 27.6. The molecule has 0 aliphatic rings. The Balaban J connectivity index is 1.66. The van der Waals surface area contributed by atoms with E-state index in [0.717, 1.165) is 84.1 Å². The Hall–Kier alpha value is -3.70. The molecule has 5 heteroatoms. The van der Waals surface area contributed by atoms with E-state index in [1.807, 2.05) is 12.1 Å². The lowest BCUT2D eigenvalue weighted by molar-refractivity contribution is -0.921. The van der Waals surface area contributed by atoms with Crippen molar-refractivity contribution in [2.45, 2.75) is 84.6 Å². The highest BCUT2D eigenvalue weighted by Crippen LogP contribution is 2.40. The number of nitrogens with zero attached hydrogens (tertiary/aromatic N) is 2. The van der Waals surface area contributed by atoms with Crippen molar-refractivity contribution in [1.82, 2.24) is 4.98 Å². The number of benzene rings is 3. The molecule has 234 valence electrons. The molecule has 1 heterocycles. The van der Waals surface area contributed by atoms with Crippen molar-refractivity contribution in [3.05, 3.63) is 95.2 Å². The number of fused-ring (bicyclic) bond motifs is 1. The number of amides is 1. The number of carbonyl (C=O) groups is 1. The minimum atomic E-state index is -0.352. The highest BCUT2D eigenvalue weighted by Gasteiger charge is 2.32. The van der Waals surface area contributed by atoms with E-state index in [2.05, 4.69) is 95.5 Å². The number of ether oxygens (including phenoxy) is 1. The minimum absolute atomic E-state index is 0.200. The lowest BCUT2D eigenvalue weighted by Crippen LogP contribution is -2.46. The van der Waals surface area contributed by atoms with Crippen LogP contribution in [0.15, 0.2) is 72.8 Å². The fourth-order valence-electron chi connectivity index (χ4n) is 6.55. The van der Waals surface area contributed by atoms with Gasteiger partial charge in [-0.3, -0.25) is 4.79 Å². The molecule has 0 saturated heterocycles. The van der Waals surface area contributed by atoms with E-state index >= 15 is 0 Å². The maximum atomic E-state index is 12.7. The number of hydrogen-bond acceptors (Lipinski definition) is 3. The van der Waals surface area contributed by atoms with Crippen molar-refractivity contribution in [2.75, 3.05) is 27.2 Å². The van der Waals surface area contributed by atoms with Crippen LogP contribution in [0.25, 0.3) is 21.9 Å². The van der Waals surface area contributed by atoms with Crippen molar-refractivity contribution in [3.8, 4) is 17.0 Å². The van der Waals surface area contributed by atoms with Crippen LogP contribution in [0.5, 0.6) is 5.88 Å². The van der Waals surface area contributed by atoms with Gasteiger partial charge in [0.1, 0.15) is 19.2 Å². The van der Waals surface area contributed by atoms with Gasteiger partial charge < -0.3 is 15.0 Å². The molecule has 0 spiro atoms. The molecule has 2 N–H and O–H groups in total. The van der Waals surface area contributed by atoms with Gasteiger partial charge in [0.15, 0.2) is 0 Å². The first-order valence-electron chi connectivity index (χ1n) is 16.7. The number of likely N-dealkylation sites (N-methyl/N-ethyl adjacent to an activating group) is 1.